The number of amides is 1. The van der Waals surface area contributed by atoms with Crippen LogP contribution >= 0.6 is 0 Å². The number of benzene rings is 2. The van der Waals surface area contributed by atoms with Gasteiger partial charge >= 0.3 is 0 Å². The molecule has 0 atom stereocenters. The van der Waals surface area contributed by atoms with Crippen molar-refractivity contribution in [2.75, 3.05) is 24.0 Å². The fraction of sp³-hybridized carbons (Fsp3) is 0.133. The number of nitrogens with one attached hydrogen (secondary N) is 2. The second-order valence-electron chi connectivity index (χ2n) is 4.48. The summed E-state index contributed by atoms with van der Waals surface area (Å²) in [4.78, 5) is 11.8. The van der Waals surface area contributed by atoms with Crippen LogP contribution in [0, 0.1) is 5.82 Å². The Bertz CT molecular complexity index is 676. The second-order valence-corrected chi connectivity index (χ2v) is 4.48. The molecular formula is C15H13FN2O3. The van der Waals surface area contributed by atoms with Crippen LogP contribution in [0.3, 0.4) is 0 Å². The van der Waals surface area contributed by atoms with E-state index in [4.69, 9.17) is 9.47 Å². The molecule has 108 valence electrons. The molecule has 6 heteroatoms. The average molecular weight is 288 g/mol. The molecular weight excluding hydrogens is 275 g/mol. The van der Waals surface area contributed by atoms with E-state index in [-0.39, 0.29) is 25.1 Å². The monoisotopic (exact) mass is 288 g/mol. The molecule has 0 spiro atoms. The van der Waals surface area contributed by atoms with Crippen molar-refractivity contribution in [2.24, 2.45) is 0 Å². The quantitative estimate of drug-likeness (QED) is 0.908. The number of anilines is 2. The van der Waals surface area contributed by atoms with Gasteiger partial charge in [-0.25, -0.2) is 4.39 Å². The Labute approximate surface area is 120 Å². The van der Waals surface area contributed by atoms with Crippen molar-refractivity contribution in [3.05, 3.63) is 48.3 Å². The number of hydrogen-bond donors (Lipinski definition) is 2. The van der Waals surface area contributed by atoms with Crippen molar-refractivity contribution in [1.29, 1.82) is 0 Å². The first-order chi connectivity index (χ1) is 10.2. The molecule has 1 aliphatic heterocycles. The topological polar surface area (TPSA) is 59.6 Å². The number of carbonyl (C=O) groups is 1. The first-order valence-corrected chi connectivity index (χ1v) is 6.40. The van der Waals surface area contributed by atoms with E-state index >= 15 is 0 Å². The third-order valence-corrected chi connectivity index (χ3v) is 2.93. The number of hydrogen-bond acceptors (Lipinski definition) is 4. The van der Waals surface area contributed by atoms with Crippen LogP contribution in [0.15, 0.2) is 42.5 Å². The molecule has 0 aliphatic carbocycles. The van der Waals surface area contributed by atoms with Gasteiger partial charge in [0, 0.05) is 17.4 Å². The maximum absolute atomic E-state index is 13.0. The highest BCUT2D eigenvalue weighted by Gasteiger charge is 2.14. The summed E-state index contributed by atoms with van der Waals surface area (Å²) < 4.78 is 23.4. The Kier molecular flexibility index (Phi) is 3.59. The maximum Gasteiger partial charge on any atom is 0.243 e. The second kappa shape index (κ2) is 5.70. The van der Waals surface area contributed by atoms with Gasteiger partial charge in [-0.3, -0.25) is 4.79 Å². The lowest BCUT2D eigenvalue weighted by Crippen LogP contribution is -2.21. The predicted molar refractivity (Wildman–Crippen MR) is 76.1 cm³/mol. The van der Waals surface area contributed by atoms with Crippen LogP contribution in [0.5, 0.6) is 11.5 Å². The molecule has 2 N–H and O–H groups in total. The summed E-state index contributed by atoms with van der Waals surface area (Å²) in [6, 6.07) is 11.1. The van der Waals surface area contributed by atoms with Crippen molar-refractivity contribution < 1.29 is 18.7 Å². The van der Waals surface area contributed by atoms with Crippen LogP contribution in [0.4, 0.5) is 15.8 Å². The van der Waals surface area contributed by atoms with Crippen LogP contribution in [0.1, 0.15) is 0 Å². The molecule has 0 radical (unpaired) electrons. The summed E-state index contributed by atoms with van der Waals surface area (Å²) in [5.41, 5.74) is 1.17. The van der Waals surface area contributed by atoms with E-state index in [1.807, 2.05) is 0 Å². The minimum atomic E-state index is -0.351. The average Bonchev–Trinajstić information content (AvgIpc) is 2.93. The molecule has 3 rings (SSSR count). The van der Waals surface area contributed by atoms with Gasteiger partial charge in [-0.2, -0.15) is 0 Å². The molecule has 0 saturated carbocycles. The first-order valence-electron chi connectivity index (χ1n) is 6.40. The SMILES string of the molecule is O=C(CNc1cccc(F)c1)Nc1ccc2c(c1)OCO2. The molecule has 5 nitrogen and oxygen atoms in total. The van der Waals surface area contributed by atoms with E-state index in [2.05, 4.69) is 10.6 Å². The standard InChI is InChI=1S/C15H13FN2O3/c16-10-2-1-3-11(6-10)17-8-15(19)18-12-4-5-13-14(7-12)21-9-20-13/h1-7,17H,8-9H2,(H,18,19). The maximum atomic E-state index is 13.0. The number of rotatable bonds is 4. The molecule has 2 aromatic carbocycles. The van der Waals surface area contributed by atoms with E-state index in [0.717, 1.165) is 0 Å². The van der Waals surface area contributed by atoms with Gasteiger partial charge in [0.05, 0.1) is 6.54 Å². The van der Waals surface area contributed by atoms with Crippen molar-refractivity contribution in [2.45, 2.75) is 0 Å². The van der Waals surface area contributed by atoms with E-state index in [0.29, 0.717) is 22.9 Å². The summed E-state index contributed by atoms with van der Waals surface area (Å²) in [6.07, 6.45) is 0. The van der Waals surface area contributed by atoms with Crippen LogP contribution < -0.4 is 20.1 Å². The highest BCUT2D eigenvalue weighted by Crippen LogP contribution is 2.34. The number of fused-ring (bicyclic) bond motifs is 1. The zero-order valence-electron chi connectivity index (χ0n) is 11.1. The molecule has 21 heavy (non-hydrogen) atoms. The minimum Gasteiger partial charge on any atom is -0.454 e. The molecule has 1 amide bonds. The van der Waals surface area contributed by atoms with Gasteiger partial charge in [-0.1, -0.05) is 6.07 Å². The lowest BCUT2D eigenvalue weighted by Gasteiger charge is -2.08. The Balaban J connectivity index is 1.57. The third-order valence-electron chi connectivity index (χ3n) is 2.93. The lowest BCUT2D eigenvalue weighted by atomic mass is 10.2. The van der Waals surface area contributed by atoms with E-state index in [1.165, 1.54) is 12.1 Å². The van der Waals surface area contributed by atoms with Crippen molar-refractivity contribution in [3.63, 3.8) is 0 Å². The van der Waals surface area contributed by atoms with Gasteiger partial charge < -0.3 is 20.1 Å². The zero-order valence-corrected chi connectivity index (χ0v) is 11.1. The highest BCUT2D eigenvalue weighted by molar-refractivity contribution is 5.94. The number of ether oxygens (including phenoxy) is 2. The number of halogens is 1. The molecule has 0 bridgehead atoms. The zero-order chi connectivity index (χ0) is 14.7. The normalized spacial score (nSPS) is 12.0. The van der Waals surface area contributed by atoms with Crippen LogP contribution in [-0.2, 0) is 4.79 Å². The van der Waals surface area contributed by atoms with Crippen molar-refractivity contribution in [1.82, 2.24) is 0 Å². The van der Waals surface area contributed by atoms with Gasteiger partial charge in [0.25, 0.3) is 0 Å². The van der Waals surface area contributed by atoms with Gasteiger partial charge in [0.1, 0.15) is 5.82 Å². The Morgan fingerprint density at radius 2 is 1.95 bits per heavy atom. The van der Waals surface area contributed by atoms with Gasteiger partial charge in [-0.05, 0) is 30.3 Å². The Morgan fingerprint density at radius 3 is 2.81 bits per heavy atom. The molecule has 0 unspecified atom stereocenters. The third kappa shape index (κ3) is 3.22. The highest BCUT2D eigenvalue weighted by atomic mass is 19.1. The number of carbonyl (C=O) groups excluding carboxylic acids is 1. The summed E-state index contributed by atoms with van der Waals surface area (Å²) in [5.74, 6) is 0.672. The smallest absolute Gasteiger partial charge is 0.243 e. The Morgan fingerprint density at radius 1 is 1.10 bits per heavy atom. The minimum absolute atomic E-state index is 0.0396. The molecule has 0 fully saturated rings. The van der Waals surface area contributed by atoms with Gasteiger partial charge in [0.15, 0.2) is 11.5 Å². The summed E-state index contributed by atoms with van der Waals surface area (Å²) in [5, 5.41) is 5.58. The Hall–Kier alpha value is -2.76. The first kappa shape index (κ1) is 13.2. The van der Waals surface area contributed by atoms with E-state index in [9.17, 15) is 9.18 Å². The van der Waals surface area contributed by atoms with E-state index in [1.54, 1.807) is 30.3 Å². The fourth-order valence-corrected chi connectivity index (χ4v) is 1.96. The summed E-state index contributed by atoms with van der Waals surface area (Å²) >= 11 is 0. The van der Waals surface area contributed by atoms with Crippen LogP contribution in [-0.4, -0.2) is 19.2 Å². The van der Waals surface area contributed by atoms with Crippen molar-refractivity contribution >= 4 is 17.3 Å². The predicted octanol–water partition coefficient (Wildman–Crippen LogP) is 2.61. The lowest BCUT2D eigenvalue weighted by molar-refractivity contribution is -0.114. The molecule has 2 aromatic rings. The van der Waals surface area contributed by atoms with Crippen molar-refractivity contribution in [3.8, 4) is 11.5 Å². The molecule has 0 saturated heterocycles. The van der Waals surface area contributed by atoms with E-state index < -0.39 is 0 Å². The van der Waals surface area contributed by atoms with Gasteiger partial charge in [-0.15, -0.1) is 0 Å². The summed E-state index contributed by atoms with van der Waals surface area (Å²) in [7, 11) is 0. The van der Waals surface area contributed by atoms with Crippen LogP contribution in [0.2, 0.25) is 0 Å². The molecule has 1 aliphatic rings. The largest absolute Gasteiger partial charge is 0.454 e. The molecule has 1 heterocycles. The van der Waals surface area contributed by atoms with Crippen LogP contribution in [0.25, 0.3) is 0 Å². The van der Waals surface area contributed by atoms with Gasteiger partial charge in [0.2, 0.25) is 12.7 Å². The molecule has 0 aromatic heterocycles. The fourth-order valence-electron chi connectivity index (χ4n) is 1.96. The summed E-state index contributed by atoms with van der Waals surface area (Å²) in [6.45, 7) is 0.228.